The number of ether oxygens (including phenoxy) is 2. The quantitative estimate of drug-likeness (QED) is 0.580. The number of methoxy groups -OCH3 is 2. The number of hydrogen-bond acceptors (Lipinski definition) is 3. The number of nitrogens with zero attached hydrogens (tertiary/aromatic N) is 2. The smallest absolute Gasteiger partial charge is 0.322 e. The van der Waals surface area contributed by atoms with Crippen LogP contribution in [0.4, 0.5) is 10.5 Å². The van der Waals surface area contributed by atoms with Gasteiger partial charge in [-0.15, -0.1) is 0 Å². The Morgan fingerprint density at radius 2 is 1.90 bits per heavy atom. The van der Waals surface area contributed by atoms with Crippen molar-refractivity contribution in [3.63, 3.8) is 0 Å². The maximum Gasteiger partial charge on any atom is 0.322 e. The molecule has 1 aliphatic heterocycles. The van der Waals surface area contributed by atoms with Crippen LogP contribution in [-0.4, -0.2) is 36.3 Å². The molecule has 156 valence electrons. The fraction of sp³-hybridized carbons (Fsp3) is 0.227. The lowest BCUT2D eigenvalue weighted by Gasteiger charge is -2.37. The third kappa shape index (κ3) is 3.80. The number of urea groups is 1. The van der Waals surface area contributed by atoms with E-state index < -0.39 is 0 Å². The zero-order valence-electron chi connectivity index (χ0n) is 16.6. The van der Waals surface area contributed by atoms with E-state index in [9.17, 15) is 4.79 Å². The van der Waals surface area contributed by atoms with Crippen LogP contribution in [0.3, 0.4) is 0 Å². The van der Waals surface area contributed by atoms with Gasteiger partial charge in [0.2, 0.25) is 0 Å². The lowest BCUT2D eigenvalue weighted by molar-refractivity contribution is 0.182. The van der Waals surface area contributed by atoms with Crippen LogP contribution in [0.25, 0.3) is 0 Å². The monoisotopic (exact) mass is 445 g/mol. The summed E-state index contributed by atoms with van der Waals surface area (Å²) in [4.78, 5) is 15.1. The molecule has 0 aliphatic carbocycles. The highest BCUT2D eigenvalue weighted by Gasteiger charge is 2.33. The number of aromatic nitrogens is 1. The first-order valence-corrected chi connectivity index (χ1v) is 10.2. The second kappa shape index (κ2) is 8.50. The summed E-state index contributed by atoms with van der Waals surface area (Å²) < 4.78 is 12.8. The van der Waals surface area contributed by atoms with Crippen molar-refractivity contribution in [1.29, 1.82) is 0 Å². The number of hydrogen-bond donors (Lipinski definition) is 1. The summed E-state index contributed by atoms with van der Waals surface area (Å²) in [7, 11) is 3.13. The number of fused-ring (bicyclic) bond motifs is 1. The lowest BCUT2D eigenvalue weighted by atomic mass is 10.00. The molecule has 2 amide bonds. The average Bonchev–Trinajstić information content (AvgIpc) is 3.22. The summed E-state index contributed by atoms with van der Waals surface area (Å²) in [5.41, 5.74) is 2.37. The van der Waals surface area contributed by atoms with Crippen LogP contribution in [0, 0.1) is 0 Å². The molecule has 0 fully saturated rings. The minimum absolute atomic E-state index is 0.248. The number of nitrogens with one attached hydrogen (secondary N) is 1. The third-order valence-corrected chi connectivity index (χ3v) is 5.77. The molecule has 3 aromatic rings. The van der Waals surface area contributed by atoms with E-state index in [0.29, 0.717) is 40.3 Å². The van der Waals surface area contributed by atoms with E-state index in [4.69, 9.17) is 32.7 Å². The number of carbonyl (C=O) groups is 1. The second-order valence-corrected chi connectivity index (χ2v) is 7.73. The molecule has 6 nitrogen and oxygen atoms in total. The van der Waals surface area contributed by atoms with E-state index in [1.54, 1.807) is 49.5 Å². The molecule has 1 N–H and O–H groups in total. The summed E-state index contributed by atoms with van der Waals surface area (Å²) in [5, 5.41) is 4.03. The summed E-state index contributed by atoms with van der Waals surface area (Å²) in [6, 6.07) is 14.0. The zero-order chi connectivity index (χ0) is 21.3. The van der Waals surface area contributed by atoms with E-state index in [1.807, 2.05) is 24.4 Å². The Morgan fingerprint density at radius 1 is 1.07 bits per heavy atom. The number of amides is 2. The average molecular weight is 446 g/mol. The van der Waals surface area contributed by atoms with Gasteiger partial charge in [0.1, 0.15) is 17.5 Å². The minimum Gasteiger partial charge on any atom is -0.497 e. The highest BCUT2D eigenvalue weighted by molar-refractivity contribution is 6.35. The largest absolute Gasteiger partial charge is 0.497 e. The van der Waals surface area contributed by atoms with Gasteiger partial charge in [-0.25, -0.2) is 4.79 Å². The van der Waals surface area contributed by atoms with Crippen LogP contribution in [0.1, 0.15) is 17.3 Å². The number of carbonyl (C=O) groups excluding carboxylic acids is 1. The predicted molar refractivity (Wildman–Crippen MR) is 118 cm³/mol. The van der Waals surface area contributed by atoms with Crippen molar-refractivity contribution >= 4 is 34.9 Å². The van der Waals surface area contributed by atoms with Gasteiger partial charge in [0.15, 0.2) is 0 Å². The van der Waals surface area contributed by atoms with Crippen molar-refractivity contribution in [2.45, 2.75) is 12.6 Å². The molecule has 0 saturated carbocycles. The standard InChI is InChI=1S/C22H21Cl2N3O3/c1-29-15-6-8-18(20(13-15)30-2)25-22(28)27-11-10-26-9-3-4-19(26)21(27)16-7-5-14(23)12-17(16)24/h3-9,12-13,21H,10-11H2,1-2H3,(H,25,28)/t21-/m1/s1. The molecular formula is C22H21Cl2N3O3. The third-order valence-electron chi connectivity index (χ3n) is 5.21. The van der Waals surface area contributed by atoms with E-state index >= 15 is 0 Å². The molecule has 1 atom stereocenters. The molecule has 0 spiro atoms. The molecule has 0 unspecified atom stereocenters. The Bertz CT molecular complexity index is 1080. The SMILES string of the molecule is COc1ccc(NC(=O)N2CCn3cccc3[C@H]2c2ccc(Cl)cc2Cl)c(OC)c1. The molecule has 30 heavy (non-hydrogen) atoms. The maximum absolute atomic E-state index is 13.3. The minimum atomic E-state index is -0.345. The molecule has 0 radical (unpaired) electrons. The number of benzene rings is 2. The van der Waals surface area contributed by atoms with Gasteiger partial charge >= 0.3 is 6.03 Å². The molecule has 2 aromatic carbocycles. The Morgan fingerprint density at radius 3 is 2.63 bits per heavy atom. The fourth-order valence-electron chi connectivity index (χ4n) is 3.74. The molecule has 1 aliphatic rings. The van der Waals surface area contributed by atoms with E-state index in [1.165, 1.54) is 0 Å². The van der Waals surface area contributed by atoms with Gasteiger partial charge in [0.25, 0.3) is 0 Å². The molecule has 0 bridgehead atoms. The van der Waals surface area contributed by atoms with Crippen molar-refractivity contribution in [3.8, 4) is 11.5 Å². The molecule has 4 rings (SSSR count). The van der Waals surface area contributed by atoms with Crippen LogP contribution in [0.15, 0.2) is 54.7 Å². The Labute approximate surface area is 184 Å². The Hall–Kier alpha value is -2.83. The van der Waals surface area contributed by atoms with Gasteiger partial charge in [-0.3, -0.25) is 0 Å². The van der Waals surface area contributed by atoms with Crippen LogP contribution in [0.2, 0.25) is 10.0 Å². The van der Waals surface area contributed by atoms with E-state index in [0.717, 1.165) is 11.3 Å². The normalized spacial score (nSPS) is 15.5. The van der Waals surface area contributed by atoms with Crippen LogP contribution in [-0.2, 0) is 6.54 Å². The molecule has 2 heterocycles. The highest BCUT2D eigenvalue weighted by Crippen LogP contribution is 2.38. The van der Waals surface area contributed by atoms with Crippen molar-refractivity contribution in [1.82, 2.24) is 9.47 Å². The topological polar surface area (TPSA) is 55.7 Å². The van der Waals surface area contributed by atoms with Crippen LogP contribution >= 0.6 is 23.2 Å². The van der Waals surface area contributed by atoms with Crippen molar-refractivity contribution in [2.24, 2.45) is 0 Å². The van der Waals surface area contributed by atoms with E-state index in [2.05, 4.69) is 9.88 Å². The van der Waals surface area contributed by atoms with Crippen LogP contribution in [0.5, 0.6) is 11.5 Å². The highest BCUT2D eigenvalue weighted by atomic mass is 35.5. The first kappa shape index (κ1) is 20.4. The maximum atomic E-state index is 13.3. The second-order valence-electron chi connectivity index (χ2n) is 6.88. The first-order chi connectivity index (χ1) is 14.5. The number of anilines is 1. The van der Waals surface area contributed by atoms with Crippen molar-refractivity contribution < 1.29 is 14.3 Å². The number of halogens is 2. The first-order valence-electron chi connectivity index (χ1n) is 9.41. The van der Waals surface area contributed by atoms with Crippen molar-refractivity contribution in [3.05, 3.63) is 76.0 Å². The Kier molecular flexibility index (Phi) is 5.79. The number of rotatable bonds is 4. The van der Waals surface area contributed by atoms with Gasteiger partial charge in [-0.05, 0) is 42.0 Å². The van der Waals surface area contributed by atoms with Crippen molar-refractivity contribution in [2.75, 3.05) is 26.1 Å². The van der Waals surface area contributed by atoms with Gasteiger partial charge in [-0.1, -0.05) is 29.3 Å². The summed E-state index contributed by atoms with van der Waals surface area (Å²) in [6.07, 6.45) is 2.01. The zero-order valence-corrected chi connectivity index (χ0v) is 18.1. The Balaban J connectivity index is 1.69. The van der Waals surface area contributed by atoms with Gasteiger partial charge < -0.3 is 24.3 Å². The predicted octanol–water partition coefficient (Wildman–Crippen LogP) is 5.45. The van der Waals surface area contributed by atoms with Gasteiger partial charge in [0.05, 0.1) is 19.9 Å². The van der Waals surface area contributed by atoms with Gasteiger partial charge in [0, 0.05) is 41.1 Å². The summed E-state index contributed by atoms with van der Waals surface area (Å²) in [5.74, 6) is 1.16. The van der Waals surface area contributed by atoms with E-state index in [-0.39, 0.29) is 12.1 Å². The fourth-order valence-corrected chi connectivity index (χ4v) is 4.25. The molecule has 8 heteroatoms. The molecular weight excluding hydrogens is 425 g/mol. The molecule has 0 saturated heterocycles. The summed E-state index contributed by atoms with van der Waals surface area (Å²) >= 11 is 12.6. The summed E-state index contributed by atoms with van der Waals surface area (Å²) in [6.45, 7) is 1.22. The lowest BCUT2D eigenvalue weighted by Crippen LogP contribution is -2.44. The van der Waals surface area contributed by atoms with Gasteiger partial charge in [-0.2, -0.15) is 0 Å². The van der Waals surface area contributed by atoms with Crippen LogP contribution < -0.4 is 14.8 Å². The molecule has 1 aromatic heterocycles.